The Labute approximate surface area is 519 Å². The lowest BCUT2D eigenvalue weighted by atomic mass is 9.84. The van der Waals surface area contributed by atoms with E-state index in [2.05, 4.69) is 328 Å². The topological polar surface area (TPSA) is 26.3 Å². The summed E-state index contributed by atoms with van der Waals surface area (Å²) in [4.78, 5) is 0. The molecule has 0 fully saturated rings. The molecule has 0 unspecified atom stereocenters. The second-order valence-electron chi connectivity index (χ2n) is 23.8. The third kappa shape index (κ3) is 8.56. The molecule has 2 nitrogen and oxygen atoms in total. The molecular formula is C88H54O2. The van der Waals surface area contributed by atoms with E-state index in [1.54, 1.807) is 0 Å². The molecule has 0 aliphatic rings. The third-order valence-electron chi connectivity index (χ3n) is 18.6. The minimum atomic E-state index is 0.909. The number of benzene rings is 17. The van der Waals surface area contributed by atoms with Crippen molar-refractivity contribution in [2.24, 2.45) is 0 Å². The first-order valence-corrected chi connectivity index (χ1v) is 30.9. The van der Waals surface area contributed by atoms with E-state index in [1.807, 2.05) is 0 Å². The Morgan fingerprint density at radius 3 is 0.867 bits per heavy atom. The quantitative estimate of drug-likeness (QED) is 0.155. The van der Waals surface area contributed by atoms with Crippen LogP contribution in [-0.2, 0) is 0 Å². The minimum Gasteiger partial charge on any atom is -0.456 e. The Kier molecular flexibility index (Phi) is 12.0. The van der Waals surface area contributed by atoms with Crippen molar-refractivity contribution in [3.63, 3.8) is 0 Å². The fraction of sp³-hybridized carbons (Fsp3) is 0. The summed E-state index contributed by atoms with van der Waals surface area (Å²) in [6.07, 6.45) is 0. The second-order valence-corrected chi connectivity index (χ2v) is 23.8. The average molecular weight is 1140 g/mol. The zero-order chi connectivity index (χ0) is 59.2. The summed E-state index contributed by atoms with van der Waals surface area (Å²) in [6, 6.07) is 119. The van der Waals surface area contributed by atoms with Crippen molar-refractivity contribution in [2.75, 3.05) is 0 Å². The molecule has 19 rings (SSSR count). The summed E-state index contributed by atoms with van der Waals surface area (Å²) in [7, 11) is 0. The Bertz CT molecular complexity index is 6070. The van der Waals surface area contributed by atoms with Gasteiger partial charge < -0.3 is 8.83 Å². The van der Waals surface area contributed by atoms with E-state index < -0.39 is 0 Å². The first-order valence-electron chi connectivity index (χ1n) is 30.9. The molecule has 0 aliphatic heterocycles. The molecule has 0 N–H and O–H groups in total. The molecule has 0 saturated heterocycles. The predicted molar refractivity (Wildman–Crippen MR) is 383 cm³/mol. The average Bonchev–Trinajstić information content (AvgIpc) is 0.830. The van der Waals surface area contributed by atoms with Crippen LogP contribution in [0.3, 0.4) is 0 Å². The molecule has 17 aromatic carbocycles. The molecule has 2 aromatic heterocycles. The van der Waals surface area contributed by atoms with Gasteiger partial charge in [-0.2, -0.15) is 0 Å². The van der Waals surface area contributed by atoms with Crippen molar-refractivity contribution in [1.82, 2.24) is 0 Å². The van der Waals surface area contributed by atoms with Crippen LogP contribution in [0.4, 0.5) is 0 Å². The summed E-state index contributed by atoms with van der Waals surface area (Å²) in [5.74, 6) is 0. The van der Waals surface area contributed by atoms with Crippen LogP contribution in [0.15, 0.2) is 336 Å². The van der Waals surface area contributed by atoms with Crippen molar-refractivity contribution >= 4 is 119 Å². The lowest BCUT2D eigenvalue weighted by Crippen LogP contribution is -1.91. The highest BCUT2D eigenvalue weighted by molar-refractivity contribution is 6.25. The van der Waals surface area contributed by atoms with Gasteiger partial charge in [-0.3, -0.25) is 0 Å². The number of rotatable bonds is 6. The van der Waals surface area contributed by atoms with Gasteiger partial charge in [0.1, 0.15) is 22.3 Å². The predicted octanol–water partition coefficient (Wildman–Crippen LogP) is 25.2. The number of furan rings is 2. The zero-order valence-corrected chi connectivity index (χ0v) is 49.0. The number of fused-ring (bicyclic) bond motifs is 13. The number of hydrogen-bond donors (Lipinski definition) is 0. The molecule has 0 aliphatic carbocycles. The highest BCUT2D eigenvalue weighted by Gasteiger charge is 2.22. The molecule has 2 heteroatoms. The third-order valence-corrected chi connectivity index (χ3v) is 18.6. The molecular weight excluding hydrogens is 1090 g/mol. The Hall–Kier alpha value is -11.8. The van der Waals surface area contributed by atoms with E-state index >= 15 is 0 Å². The SMILES string of the molecule is c1ccc(-c2c3ccccc3c(-c3ccc4oc5cc6ccccc6cc5c4c3)c3ccc(-c4ccc5ccccc5c4)cc23)cc1.c1ccc(-c2ccc3c(-c4ccc5oc6cc7ccccc7cc6c5c4)c4ccccc4c(-c4ccccc4)c3c2)cc1. The smallest absolute Gasteiger partial charge is 0.136 e. The van der Waals surface area contributed by atoms with Gasteiger partial charge in [-0.1, -0.05) is 261 Å². The molecule has 418 valence electrons. The van der Waals surface area contributed by atoms with Gasteiger partial charge in [0.15, 0.2) is 0 Å². The summed E-state index contributed by atoms with van der Waals surface area (Å²) in [5, 5.41) is 21.9. The molecule has 0 radical (unpaired) electrons. The van der Waals surface area contributed by atoms with Crippen molar-refractivity contribution < 1.29 is 8.83 Å². The van der Waals surface area contributed by atoms with Crippen LogP contribution in [-0.4, -0.2) is 0 Å². The summed E-state index contributed by atoms with van der Waals surface area (Å²) >= 11 is 0. The van der Waals surface area contributed by atoms with E-state index in [0.29, 0.717) is 0 Å². The van der Waals surface area contributed by atoms with E-state index in [4.69, 9.17) is 8.83 Å². The van der Waals surface area contributed by atoms with Crippen LogP contribution in [0.5, 0.6) is 0 Å². The van der Waals surface area contributed by atoms with Gasteiger partial charge in [0.25, 0.3) is 0 Å². The highest BCUT2D eigenvalue weighted by Crippen LogP contribution is 2.49. The molecule has 0 bridgehead atoms. The zero-order valence-electron chi connectivity index (χ0n) is 49.0. The van der Waals surface area contributed by atoms with Gasteiger partial charge in [0, 0.05) is 21.5 Å². The normalized spacial score (nSPS) is 11.8. The van der Waals surface area contributed by atoms with Crippen LogP contribution in [0.25, 0.3) is 186 Å². The van der Waals surface area contributed by atoms with E-state index in [1.165, 1.54) is 142 Å². The highest BCUT2D eigenvalue weighted by atomic mass is 16.3. The maximum Gasteiger partial charge on any atom is 0.136 e. The Balaban J connectivity index is 0.000000134. The van der Waals surface area contributed by atoms with E-state index in [-0.39, 0.29) is 0 Å². The Morgan fingerprint density at radius 1 is 0.133 bits per heavy atom. The largest absolute Gasteiger partial charge is 0.456 e. The molecule has 90 heavy (non-hydrogen) atoms. The fourth-order valence-corrected chi connectivity index (χ4v) is 14.4. The van der Waals surface area contributed by atoms with Gasteiger partial charge in [0.05, 0.1) is 0 Å². The van der Waals surface area contributed by atoms with Crippen molar-refractivity contribution in [3.8, 4) is 66.8 Å². The molecule has 19 aromatic rings. The standard InChI is InChI=1S/C46H28O.C42H26O/c1-2-11-30(12-3-1)45-37-16-8-9-17-38(37)46(39-22-20-35(26-42(39)45)34-19-18-29-10-4-5-13-31(29)24-34)36-21-23-43-40(27-36)41-25-32-14-6-7-15-33(32)28-44(41)47-43;1-3-11-27(12-4-1)31-19-21-35-38(24-31)41(28-13-5-2-6-14-28)33-17-9-10-18-34(33)42(35)32-20-22-39-36(25-32)37-23-29-15-7-8-16-30(29)26-40(37)43-39/h1-28H;1-26H. The van der Waals surface area contributed by atoms with E-state index in [9.17, 15) is 0 Å². The lowest BCUT2D eigenvalue weighted by molar-refractivity contribution is 0.669. The molecule has 0 saturated carbocycles. The van der Waals surface area contributed by atoms with Crippen molar-refractivity contribution in [2.45, 2.75) is 0 Å². The Morgan fingerprint density at radius 2 is 0.422 bits per heavy atom. The van der Waals surface area contributed by atoms with Gasteiger partial charge in [-0.05, 0) is 209 Å². The summed E-state index contributed by atoms with van der Waals surface area (Å²) < 4.78 is 12.8. The fourth-order valence-electron chi connectivity index (χ4n) is 14.4. The first kappa shape index (κ1) is 51.4. The van der Waals surface area contributed by atoms with Crippen LogP contribution in [0.1, 0.15) is 0 Å². The first-order chi connectivity index (χ1) is 44.6. The van der Waals surface area contributed by atoms with Crippen molar-refractivity contribution in [1.29, 1.82) is 0 Å². The summed E-state index contributed by atoms with van der Waals surface area (Å²) in [5.41, 5.74) is 18.4. The maximum atomic E-state index is 6.40. The summed E-state index contributed by atoms with van der Waals surface area (Å²) in [6.45, 7) is 0. The van der Waals surface area contributed by atoms with E-state index in [0.717, 1.165) is 43.9 Å². The van der Waals surface area contributed by atoms with Gasteiger partial charge in [0.2, 0.25) is 0 Å². The molecule has 0 atom stereocenters. The van der Waals surface area contributed by atoms with Gasteiger partial charge >= 0.3 is 0 Å². The van der Waals surface area contributed by atoms with Gasteiger partial charge in [-0.25, -0.2) is 0 Å². The van der Waals surface area contributed by atoms with Crippen LogP contribution in [0.2, 0.25) is 0 Å². The van der Waals surface area contributed by atoms with Crippen molar-refractivity contribution in [3.05, 3.63) is 328 Å². The van der Waals surface area contributed by atoms with Crippen LogP contribution < -0.4 is 0 Å². The minimum absolute atomic E-state index is 0.909. The second kappa shape index (κ2) is 21.0. The molecule has 2 heterocycles. The maximum absolute atomic E-state index is 6.40. The van der Waals surface area contributed by atoms with Crippen LogP contribution in [0, 0.1) is 0 Å². The lowest BCUT2D eigenvalue weighted by Gasteiger charge is -2.19. The van der Waals surface area contributed by atoms with Crippen LogP contribution >= 0.6 is 0 Å². The monoisotopic (exact) mass is 1140 g/mol. The van der Waals surface area contributed by atoms with Gasteiger partial charge in [-0.15, -0.1) is 0 Å². The molecule has 0 spiro atoms. The molecule has 0 amide bonds. The number of hydrogen-bond acceptors (Lipinski definition) is 2.